The van der Waals surface area contributed by atoms with Gasteiger partial charge in [-0.05, 0) is 60.8 Å². The number of nitrogens with zero attached hydrogens (tertiary/aromatic N) is 2. The lowest BCUT2D eigenvalue weighted by Gasteiger charge is -2.28. The van der Waals surface area contributed by atoms with E-state index >= 15 is 0 Å². The van der Waals surface area contributed by atoms with Crippen LogP contribution in [0.2, 0.25) is 10.0 Å². The summed E-state index contributed by atoms with van der Waals surface area (Å²) in [5, 5.41) is 14.2. The van der Waals surface area contributed by atoms with Crippen molar-refractivity contribution in [2.45, 2.75) is 0 Å². The van der Waals surface area contributed by atoms with E-state index in [4.69, 9.17) is 39.8 Å². The first-order valence-corrected chi connectivity index (χ1v) is 10.1. The highest BCUT2D eigenvalue weighted by Gasteiger charge is 2.34. The molecule has 1 fully saturated rings. The molecular formula is C21H11Cl2N3O5S. The van der Waals surface area contributed by atoms with Gasteiger partial charge in [0.25, 0.3) is 17.5 Å². The Kier molecular flexibility index (Phi) is 5.79. The summed E-state index contributed by atoms with van der Waals surface area (Å²) in [6, 6.07) is 13.4. The zero-order valence-electron chi connectivity index (χ0n) is 15.9. The van der Waals surface area contributed by atoms with Crippen LogP contribution in [0.3, 0.4) is 0 Å². The fourth-order valence-corrected chi connectivity index (χ4v) is 3.63. The minimum absolute atomic E-state index is 0.0667. The monoisotopic (exact) mass is 487 g/mol. The Morgan fingerprint density at radius 3 is 2.47 bits per heavy atom. The number of carbonyl (C=O) groups is 2. The lowest BCUT2D eigenvalue weighted by Crippen LogP contribution is -2.54. The van der Waals surface area contributed by atoms with Crippen LogP contribution in [0.4, 0.5) is 11.4 Å². The average Bonchev–Trinajstić information content (AvgIpc) is 3.21. The number of hydrogen-bond donors (Lipinski definition) is 1. The van der Waals surface area contributed by atoms with Crippen LogP contribution in [0.1, 0.15) is 5.76 Å². The average molecular weight is 488 g/mol. The van der Waals surface area contributed by atoms with Crippen molar-refractivity contribution < 1.29 is 18.9 Å². The second-order valence-electron chi connectivity index (χ2n) is 6.56. The van der Waals surface area contributed by atoms with Crippen molar-refractivity contribution in [3.8, 4) is 11.3 Å². The molecule has 1 aromatic heterocycles. The molecular weight excluding hydrogens is 477 g/mol. The topological polar surface area (TPSA) is 106 Å². The van der Waals surface area contributed by atoms with Gasteiger partial charge in [0.1, 0.15) is 17.1 Å². The van der Waals surface area contributed by atoms with Gasteiger partial charge < -0.3 is 4.42 Å². The zero-order valence-corrected chi connectivity index (χ0v) is 18.2. The minimum atomic E-state index is -0.684. The predicted molar refractivity (Wildman–Crippen MR) is 123 cm³/mol. The third-order valence-corrected chi connectivity index (χ3v) is 5.39. The van der Waals surface area contributed by atoms with Gasteiger partial charge in [-0.2, -0.15) is 0 Å². The molecule has 160 valence electrons. The highest BCUT2D eigenvalue weighted by molar-refractivity contribution is 7.80. The molecule has 0 aliphatic carbocycles. The number of thiocarbonyl (C=S) groups is 1. The summed E-state index contributed by atoms with van der Waals surface area (Å²) >= 11 is 17.2. The normalized spacial score (nSPS) is 15.2. The van der Waals surface area contributed by atoms with Crippen molar-refractivity contribution in [2.75, 3.05) is 4.90 Å². The Hall–Kier alpha value is -3.53. The van der Waals surface area contributed by atoms with Gasteiger partial charge in [0, 0.05) is 22.7 Å². The Morgan fingerprint density at radius 2 is 1.78 bits per heavy atom. The number of rotatable bonds is 4. The lowest BCUT2D eigenvalue weighted by molar-refractivity contribution is -0.384. The molecule has 0 bridgehead atoms. The Morgan fingerprint density at radius 1 is 1.06 bits per heavy atom. The van der Waals surface area contributed by atoms with E-state index in [1.165, 1.54) is 41.3 Å². The Labute approximate surface area is 196 Å². The number of amides is 2. The van der Waals surface area contributed by atoms with E-state index in [-0.39, 0.29) is 32.9 Å². The fraction of sp³-hybridized carbons (Fsp3) is 0. The number of furan rings is 1. The molecule has 4 rings (SSSR count). The van der Waals surface area contributed by atoms with Crippen LogP contribution in [-0.2, 0) is 9.59 Å². The van der Waals surface area contributed by atoms with E-state index in [2.05, 4.69) is 5.32 Å². The second kappa shape index (κ2) is 8.54. The molecule has 1 aliphatic rings. The Bertz CT molecular complexity index is 1320. The third kappa shape index (κ3) is 4.13. The summed E-state index contributed by atoms with van der Waals surface area (Å²) in [7, 11) is 0. The molecule has 0 spiro atoms. The molecule has 0 saturated carbocycles. The summed E-state index contributed by atoms with van der Waals surface area (Å²) < 4.78 is 5.68. The first-order chi connectivity index (χ1) is 15.2. The van der Waals surface area contributed by atoms with Crippen LogP contribution in [0.25, 0.3) is 17.4 Å². The van der Waals surface area contributed by atoms with Gasteiger partial charge in [-0.3, -0.25) is 29.9 Å². The number of nitro groups is 1. The van der Waals surface area contributed by atoms with Crippen LogP contribution in [-0.4, -0.2) is 21.9 Å². The van der Waals surface area contributed by atoms with Crippen molar-refractivity contribution in [3.63, 3.8) is 0 Å². The fourth-order valence-electron chi connectivity index (χ4n) is 3.02. The SMILES string of the molecule is O=C1NC(=S)N(c2ccc(Cl)cc2)C(=O)C1=Cc1ccc(-c2cc([N+](=O)[O-])ccc2Cl)o1. The highest BCUT2D eigenvalue weighted by atomic mass is 35.5. The first kappa shape index (κ1) is 21.7. The van der Waals surface area contributed by atoms with Crippen LogP contribution in [0.15, 0.2) is 64.6 Å². The molecule has 3 aromatic rings. The highest BCUT2D eigenvalue weighted by Crippen LogP contribution is 2.33. The Balaban J connectivity index is 1.69. The van der Waals surface area contributed by atoms with Gasteiger partial charge in [0.05, 0.1) is 15.6 Å². The number of nitro benzene ring substituents is 1. The summed E-state index contributed by atoms with van der Waals surface area (Å²) in [5.74, 6) is -0.923. The smallest absolute Gasteiger partial charge is 0.270 e. The van der Waals surface area contributed by atoms with Crippen LogP contribution < -0.4 is 10.2 Å². The number of halogens is 2. The quantitative estimate of drug-likeness (QED) is 0.182. The summed E-state index contributed by atoms with van der Waals surface area (Å²) in [4.78, 5) is 37.1. The van der Waals surface area contributed by atoms with Gasteiger partial charge in [-0.1, -0.05) is 23.2 Å². The second-order valence-corrected chi connectivity index (χ2v) is 7.79. The summed E-state index contributed by atoms with van der Waals surface area (Å²) in [6.45, 7) is 0. The first-order valence-electron chi connectivity index (χ1n) is 8.96. The maximum Gasteiger partial charge on any atom is 0.270 e. The maximum absolute atomic E-state index is 13.0. The molecule has 1 N–H and O–H groups in total. The van der Waals surface area contributed by atoms with E-state index in [0.717, 1.165) is 0 Å². The van der Waals surface area contributed by atoms with E-state index < -0.39 is 16.7 Å². The van der Waals surface area contributed by atoms with E-state index in [0.29, 0.717) is 16.3 Å². The predicted octanol–water partition coefficient (Wildman–Crippen LogP) is 4.99. The van der Waals surface area contributed by atoms with Crippen molar-refractivity contribution in [2.24, 2.45) is 0 Å². The molecule has 0 radical (unpaired) electrons. The van der Waals surface area contributed by atoms with Crippen LogP contribution >= 0.6 is 35.4 Å². The third-order valence-electron chi connectivity index (χ3n) is 4.53. The van der Waals surface area contributed by atoms with Crippen LogP contribution in [0, 0.1) is 10.1 Å². The number of hydrogen-bond acceptors (Lipinski definition) is 6. The summed E-state index contributed by atoms with van der Waals surface area (Å²) in [6.07, 6.45) is 1.26. The van der Waals surface area contributed by atoms with Gasteiger partial charge in [0.15, 0.2) is 5.11 Å². The molecule has 32 heavy (non-hydrogen) atoms. The summed E-state index contributed by atoms with van der Waals surface area (Å²) in [5.41, 5.74) is 0.363. The van der Waals surface area contributed by atoms with Crippen molar-refractivity contribution in [1.82, 2.24) is 5.32 Å². The minimum Gasteiger partial charge on any atom is -0.457 e. The van der Waals surface area contributed by atoms with Crippen LogP contribution in [0.5, 0.6) is 0 Å². The molecule has 8 nitrogen and oxygen atoms in total. The van der Waals surface area contributed by atoms with E-state index in [1.54, 1.807) is 24.3 Å². The number of anilines is 1. The van der Waals surface area contributed by atoms with Gasteiger partial charge in [-0.15, -0.1) is 0 Å². The largest absolute Gasteiger partial charge is 0.457 e. The van der Waals surface area contributed by atoms with Crippen molar-refractivity contribution in [3.05, 3.63) is 86.1 Å². The molecule has 1 saturated heterocycles. The number of carbonyl (C=O) groups excluding carboxylic acids is 2. The zero-order chi connectivity index (χ0) is 23.0. The molecule has 0 atom stereocenters. The lowest BCUT2D eigenvalue weighted by atomic mass is 10.1. The maximum atomic E-state index is 13.0. The van der Waals surface area contributed by atoms with Gasteiger partial charge in [0.2, 0.25) is 0 Å². The van der Waals surface area contributed by atoms with E-state index in [9.17, 15) is 19.7 Å². The number of nitrogens with one attached hydrogen (secondary N) is 1. The molecule has 11 heteroatoms. The molecule has 2 aromatic carbocycles. The number of benzene rings is 2. The standard InChI is InChI=1S/C21H11Cl2N3O5S/c22-11-1-3-12(4-2-11)25-20(28)16(19(27)24-21(25)32)10-14-6-8-18(31-14)15-9-13(26(29)30)5-7-17(15)23/h1-10H,(H,24,27,32). The molecule has 2 heterocycles. The molecule has 0 unspecified atom stereocenters. The van der Waals surface area contributed by atoms with Gasteiger partial charge >= 0.3 is 0 Å². The molecule has 1 aliphatic heterocycles. The van der Waals surface area contributed by atoms with Gasteiger partial charge in [-0.25, -0.2) is 0 Å². The van der Waals surface area contributed by atoms with Crippen molar-refractivity contribution >= 4 is 69.8 Å². The van der Waals surface area contributed by atoms with E-state index in [1.807, 2.05) is 0 Å². The van der Waals surface area contributed by atoms with Crippen molar-refractivity contribution in [1.29, 1.82) is 0 Å². The number of non-ortho nitro benzene ring substituents is 1. The molecule has 2 amide bonds.